The number of rotatable bonds is 14. The van der Waals surface area contributed by atoms with Crippen molar-refractivity contribution in [2.45, 2.75) is 223 Å². The minimum absolute atomic E-state index is 0.0500. The van der Waals surface area contributed by atoms with Gasteiger partial charge in [-0.25, -0.2) is 0 Å². The van der Waals surface area contributed by atoms with Crippen LogP contribution in [0.15, 0.2) is 11.6 Å². The molecule has 0 spiro atoms. The van der Waals surface area contributed by atoms with Crippen molar-refractivity contribution in [3.8, 4) is 0 Å². The molecule has 13 N–H and O–H groups in total. The topological polar surface area (TPSA) is 318 Å². The minimum atomic E-state index is -1.83. The van der Waals surface area contributed by atoms with Crippen LogP contribution in [0.3, 0.4) is 0 Å². The molecule has 0 aromatic carbocycles. The average molecular weight is 963 g/mol. The van der Waals surface area contributed by atoms with E-state index in [1.54, 1.807) is 13.8 Å². The fourth-order valence-corrected chi connectivity index (χ4v) is 14.2. The third-order valence-electron chi connectivity index (χ3n) is 18.7. The summed E-state index contributed by atoms with van der Waals surface area (Å²) in [5.74, 6) is 0.476. The summed E-state index contributed by atoms with van der Waals surface area (Å²) in [6, 6.07) is 0. The molecule has 3 saturated carbocycles. The van der Waals surface area contributed by atoms with Crippen LogP contribution in [0.25, 0.3) is 0 Å². The summed E-state index contributed by atoms with van der Waals surface area (Å²) in [7, 11) is 0. The highest BCUT2D eigenvalue weighted by Gasteiger charge is 2.70. The van der Waals surface area contributed by atoms with Crippen molar-refractivity contribution in [2.24, 2.45) is 45.3 Å². The van der Waals surface area contributed by atoms with Crippen molar-refractivity contribution in [1.29, 1.82) is 0 Å². The normalized spacial score (nSPS) is 51.0. The standard InChI is InChI=1S/C48H82O19/c1-21(9-13-31(45(4,5)61)66-43-40(37(58)34(55)27(20-51)64-43)67-42-39(60)36(57)33(54)26(19-50)63-42)22-15-16-46(6)28-12-10-23-24(48(28,8)29(52)17-47(22,46)7)11-14-30(44(23,2)3)65-41-38(59)35(56)32(53)25(18-49)62-41/h10,21-22,24-43,49-61H,9,11-20H2,1-8H3/t21-,22-,24-,25+,26+,27-,28-,29+,30-,31+,32+,33-,34-,35-,36-,37+,38-,39-,40-,41-,42-,43+,46-,47+,48-/m0/s1. The van der Waals surface area contributed by atoms with Crippen molar-refractivity contribution in [2.75, 3.05) is 19.8 Å². The van der Waals surface area contributed by atoms with Crippen LogP contribution in [0.4, 0.5) is 0 Å². The number of fused-ring (bicyclic) bond motifs is 5. The summed E-state index contributed by atoms with van der Waals surface area (Å²) in [6.45, 7) is 14.5. The molecule has 0 bridgehead atoms. The molecule has 25 atom stereocenters. The van der Waals surface area contributed by atoms with Gasteiger partial charge in [0.05, 0.1) is 43.7 Å². The number of hydrogen-bond donors (Lipinski definition) is 13. The van der Waals surface area contributed by atoms with Gasteiger partial charge >= 0.3 is 0 Å². The Balaban J connectivity index is 1.06. The van der Waals surface area contributed by atoms with Crippen LogP contribution in [-0.2, 0) is 28.4 Å². The maximum absolute atomic E-state index is 12.6. The van der Waals surface area contributed by atoms with Crippen LogP contribution in [0, 0.1) is 45.3 Å². The first kappa shape index (κ1) is 53.8. The molecule has 4 aliphatic carbocycles. The highest BCUT2D eigenvalue weighted by Crippen LogP contribution is 2.75. The van der Waals surface area contributed by atoms with Gasteiger partial charge < -0.3 is 94.8 Å². The van der Waals surface area contributed by atoms with Crippen LogP contribution in [0.1, 0.15) is 107 Å². The van der Waals surface area contributed by atoms with Crippen molar-refractivity contribution >= 4 is 0 Å². The SMILES string of the molecule is C[C@@H](CC[C@@H](O[C@H]1O[C@@H](CO)[C@H](O)[C@@H](O)[C@@H]1O[C@@H]1O[C@H](CO)[C@H](O)[C@H](O)[C@@H]1O)C(C)(C)O)[C@@H]1CC[C@@]2(C)[C@@H]3CC=C4[C@H](CC[C@H](O[C@@H]5O[C@H](CO)[C@@H](O)[C@H](O)[C@@H]5O)C4(C)C)[C@]3(C)[C@H](O)C[C@]12C. The van der Waals surface area contributed by atoms with Gasteiger partial charge in [-0.15, -0.1) is 0 Å². The number of hydrogen-bond acceptors (Lipinski definition) is 19. The van der Waals surface area contributed by atoms with Crippen LogP contribution < -0.4 is 0 Å². The molecule has 388 valence electrons. The Morgan fingerprint density at radius 2 is 1.18 bits per heavy atom. The van der Waals surface area contributed by atoms with Gasteiger partial charge in [-0.3, -0.25) is 0 Å². The van der Waals surface area contributed by atoms with Crippen molar-refractivity contribution < 1.29 is 94.8 Å². The summed E-state index contributed by atoms with van der Waals surface area (Å²) in [5.41, 5.74) is -1.70. The smallest absolute Gasteiger partial charge is 0.187 e. The predicted molar refractivity (Wildman–Crippen MR) is 235 cm³/mol. The van der Waals surface area contributed by atoms with Gasteiger partial charge in [-0.05, 0) is 99.7 Å². The van der Waals surface area contributed by atoms with E-state index in [2.05, 4.69) is 47.6 Å². The molecule has 3 heterocycles. The van der Waals surface area contributed by atoms with Crippen molar-refractivity contribution in [3.63, 3.8) is 0 Å². The van der Waals surface area contributed by atoms with E-state index < -0.39 is 147 Å². The molecule has 6 fully saturated rings. The summed E-state index contributed by atoms with van der Waals surface area (Å²) < 4.78 is 35.9. The maximum Gasteiger partial charge on any atom is 0.187 e. The molecule has 0 aromatic heterocycles. The number of aliphatic hydroxyl groups is 13. The molecule has 0 aromatic rings. The lowest BCUT2D eigenvalue weighted by Gasteiger charge is -2.67. The third kappa shape index (κ3) is 9.13. The second kappa shape index (κ2) is 19.8. The molecular weight excluding hydrogens is 881 g/mol. The van der Waals surface area contributed by atoms with Crippen LogP contribution in [0.2, 0.25) is 0 Å². The zero-order valence-electron chi connectivity index (χ0n) is 40.3. The summed E-state index contributed by atoms with van der Waals surface area (Å²) in [5, 5.41) is 139. The fraction of sp³-hybridized carbons (Fsp3) is 0.958. The Morgan fingerprint density at radius 1 is 0.657 bits per heavy atom. The summed E-state index contributed by atoms with van der Waals surface area (Å²) >= 11 is 0. The van der Waals surface area contributed by atoms with Crippen molar-refractivity contribution in [1.82, 2.24) is 0 Å². The lowest BCUT2D eigenvalue weighted by atomic mass is 9.38. The average Bonchev–Trinajstić information content (AvgIpc) is 3.54. The second-order valence-corrected chi connectivity index (χ2v) is 23.0. The molecular formula is C48H82O19. The highest BCUT2D eigenvalue weighted by atomic mass is 16.8. The Kier molecular flexibility index (Phi) is 15.9. The van der Waals surface area contributed by atoms with Crippen molar-refractivity contribution in [3.05, 3.63) is 11.6 Å². The lowest BCUT2D eigenvalue weighted by Crippen LogP contribution is -2.65. The van der Waals surface area contributed by atoms with Gasteiger partial charge in [0, 0.05) is 10.8 Å². The van der Waals surface area contributed by atoms with Gasteiger partial charge in [0.15, 0.2) is 18.9 Å². The molecule has 19 nitrogen and oxygen atoms in total. The molecule has 19 heteroatoms. The van der Waals surface area contributed by atoms with E-state index in [4.69, 9.17) is 28.4 Å². The molecule has 0 radical (unpaired) electrons. The van der Waals surface area contributed by atoms with E-state index in [-0.39, 0.29) is 34.5 Å². The minimum Gasteiger partial charge on any atom is -0.394 e. The first-order valence-electron chi connectivity index (χ1n) is 24.5. The summed E-state index contributed by atoms with van der Waals surface area (Å²) in [4.78, 5) is 0. The Bertz CT molecular complexity index is 1710. The van der Waals surface area contributed by atoms with E-state index >= 15 is 0 Å². The second-order valence-electron chi connectivity index (χ2n) is 23.0. The van der Waals surface area contributed by atoms with E-state index in [0.717, 1.165) is 25.7 Å². The molecule has 7 aliphatic rings. The monoisotopic (exact) mass is 963 g/mol. The quantitative estimate of drug-likeness (QED) is 0.0924. The van der Waals surface area contributed by atoms with Crippen LogP contribution >= 0.6 is 0 Å². The third-order valence-corrected chi connectivity index (χ3v) is 18.7. The fourth-order valence-electron chi connectivity index (χ4n) is 14.2. The van der Waals surface area contributed by atoms with Crippen LogP contribution in [-0.4, -0.2) is 202 Å². The van der Waals surface area contributed by atoms with Gasteiger partial charge in [0.1, 0.15) is 73.2 Å². The van der Waals surface area contributed by atoms with E-state index in [9.17, 15) is 66.4 Å². The zero-order chi connectivity index (χ0) is 49.5. The van der Waals surface area contributed by atoms with E-state index in [1.807, 2.05) is 0 Å². The van der Waals surface area contributed by atoms with E-state index in [0.29, 0.717) is 25.7 Å². The first-order chi connectivity index (χ1) is 31.2. The van der Waals surface area contributed by atoms with Gasteiger partial charge in [-0.1, -0.05) is 53.2 Å². The van der Waals surface area contributed by atoms with Gasteiger partial charge in [0.2, 0.25) is 0 Å². The molecule has 3 aliphatic heterocycles. The molecule has 67 heavy (non-hydrogen) atoms. The first-order valence-corrected chi connectivity index (χ1v) is 24.5. The van der Waals surface area contributed by atoms with E-state index in [1.165, 1.54) is 5.57 Å². The summed E-state index contributed by atoms with van der Waals surface area (Å²) in [6.07, 6.45) is -17.3. The van der Waals surface area contributed by atoms with Crippen LogP contribution in [0.5, 0.6) is 0 Å². The zero-order valence-corrected chi connectivity index (χ0v) is 40.3. The Labute approximate surface area is 393 Å². The molecule has 7 rings (SSSR count). The highest BCUT2D eigenvalue weighted by molar-refractivity contribution is 5.32. The maximum atomic E-state index is 12.6. The lowest BCUT2D eigenvalue weighted by molar-refractivity contribution is -0.375. The molecule has 0 unspecified atom stereocenters. The van der Waals surface area contributed by atoms with Gasteiger partial charge in [0.25, 0.3) is 0 Å². The molecule has 0 amide bonds. The largest absolute Gasteiger partial charge is 0.394 e. The Morgan fingerprint density at radius 3 is 1.72 bits per heavy atom. The number of allylic oxidation sites excluding steroid dienone is 1. The van der Waals surface area contributed by atoms with Gasteiger partial charge in [-0.2, -0.15) is 0 Å². The molecule has 3 saturated heterocycles. The Hall–Kier alpha value is -1.02. The number of aliphatic hydroxyl groups excluding tert-OH is 12. The predicted octanol–water partition coefficient (Wildman–Crippen LogP) is -1.06. The number of ether oxygens (including phenoxy) is 6.